The standard InChI is InChI=1S/C9H20O2.C4H10O2/c10-8-6-4-2-1-3-5-7-9-11;5-3-1-2-4-6/h10-11H,1-9H2;5-6H,1-4H2. The molecular formula is C13H30O4. The first-order valence-electron chi connectivity index (χ1n) is 6.76. The van der Waals surface area contributed by atoms with Crippen LogP contribution in [0.25, 0.3) is 0 Å². The molecule has 0 atom stereocenters. The fourth-order valence-electron chi connectivity index (χ4n) is 1.33. The topological polar surface area (TPSA) is 80.9 Å². The molecule has 0 unspecified atom stereocenters. The number of rotatable bonds is 11. The van der Waals surface area contributed by atoms with Crippen LogP contribution in [0.15, 0.2) is 0 Å². The van der Waals surface area contributed by atoms with Crippen molar-refractivity contribution in [2.45, 2.75) is 57.8 Å². The molecule has 0 aliphatic rings. The van der Waals surface area contributed by atoms with E-state index in [-0.39, 0.29) is 13.2 Å². The third-order valence-corrected chi connectivity index (χ3v) is 2.38. The number of hydrogen-bond acceptors (Lipinski definition) is 4. The van der Waals surface area contributed by atoms with E-state index in [0.717, 1.165) is 38.5 Å². The predicted octanol–water partition coefficient (Wildman–Crippen LogP) is 1.45. The summed E-state index contributed by atoms with van der Waals surface area (Å²) in [6, 6.07) is 0. The SMILES string of the molecule is OCCCCCCCCCO.OCCCCO. The minimum absolute atomic E-state index is 0.195. The van der Waals surface area contributed by atoms with Crippen LogP contribution < -0.4 is 0 Å². The van der Waals surface area contributed by atoms with E-state index in [9.17, 15) is 0 Å². The summed E-state index contributed by atoms with van der Waals surface area (Å²) < 4.78 is 0. The maximum atomic E-state index is 8.47. The highest BCUT2D eigenvalue weighted by atomic mass is 16.3. The van der Waals surface area contributed by atoms with Crippen molar-refractivity contribution >= 4 is 0 Å². The molecule has 0 aliphatic heterocycles. The van der Waals surface area contributed by atoms with Gasteiger partial charge in [-0.05, 0) is 25.7 Å². The highest BCUT2D eigenvalue weighted by molar-refractivity contribution is 4.44. The number of aliphatic hydroxyl groups excluding tert-OH is 4. The molecule has 0 amide bonds. The maximum absolute atomic E-state index is 8.47. The third kappa shape index (κ3) is 25.8. The molecular weight excluding hydrogens is 220 g/mol. The van der Waals surface area contributed by atoms with E-state index in [1.54, 1.807) is 0 Å². The Bertz CT molecular complexity index is 97.6. The molecule has 106 valence electrons. The van der Waals surface area contributed by atoms with Gasteiger partial charge in [-0.1, -0.05) is 32.1 Å². The van der Waals surface area contributed by atoms with Crippen molar-refractivity contribution in [2.75, 3.05) is 26.4 Å². The van der Waals surface area contributed by atoms with Gasteiger partial charge in [0.05, 0.1) is 0 Å². The van der Waals surface area contributed by atoms with Crippen LogP contribution in [-0.4, -0.2) is 46.9 Å². The van der Waals surface area contributed by atoms with Gasteiger partial charge in [0.1, 0.15) is 0 Å². The van der Waals surface area contributed by atoms with Crippen LogP contribution >= 0.6 is 0 Å². The molecule has 17 heavy (non-hydrogen) atoms. The highest BCUT2D eigenvalue weighted by Gasteiger charge is 1.89. The summed E-state index contributed by atoms with van der Waals surface area (Å²) in [6.45, 7) is 1.05. The minimum Gasteiger partial charge on any atom is -0.396 e. The van der Waals surface area contributed by atoms with Gasteiger partial charge in [0.25, 0.3) is 0 Å². The summed E-state index contributed by atoms with van der Waals surface area (Å²) >= 11 is 0. The van der Waals surface area contributed by atoms with Crippen molar-refractivity contribution < 1.29 is 20.4 Å². The normalized spacial score (nSPS) is 9.88. The first kappa shape index (κ1) is 19.2. The summed E-state index contributed by atoms with van der Waals surface area (Å²) in [5.74, 6) is 0. The minimum atomic E-state index is 0.195. The molecule has 0 aromatic heterocycles. The summed E-state index contributed by atoms with van der Waals surface area (Å²) in [7, 11) is 0. The van der Waals surface area contributed by atoms with Gasteiger partial charge < -0.3 is 20.4 Å². The van der Waals surface area contributed by atoms with Crippen molar-refractivity contribution in [1.29, 1.82) is 0 Å². The Morgan fingerprint density at radius 1 is 0.294 bits per heavy atom. The largest absolute Gasteiger partial charge is 0.396 e. The Labute approximate surface area is 105 Å². The lowest BCUT2D eigenvalue weighted by molar-refractivity contribution is 0.242. The maximum Gasteiger partial charge on any atom is 0.0431 e. The third-order valence-electron chi connectivity index (χ3n) is 2.38. The van der Waals surface area contributed by atoms with E-state index in [1.807, 2.05) is 0 Å². The van der Waals surface area contributed by atoms with Crippen LogP contribution in [0.5, 0.6) is 0 Å². The average Bonchev–Trinajstić information content (AvgIpc) is 2.36. The van der Waals surface area contributed by atoms with Gasteiger partial charge in [-0.3, -0.25) is 0 Å². The predicted molar refractivity (Wildman–Crippen MR) is 69.9 cm³/mol. The fraction of sp³-hybridized carbons (Fsp3) is 1.00. The zero-order valence-corrected chi connectivity index (χ0v) is 11.0. The monoisotopic (exact) mass is 250 g/mol. The van der Waals surface area contributed by atoms with Crippen LogP contribution in [0.4, 0.5) is 0 Å². The Balaban J connectivity index is 0. The Hall–Kier alpha value is -0.160. The number of hydrogen-bond donors (Lipinski definition) is 4. The molecule has 0 aromatic carbocycles. The lowest BCUT2D eigenvalue weighted by Crippen LogP contribution is -1.85. The molecule has 0 heterocycles. The Morgan fingerprint density at radius 3 is 0.706 bits per heavy atom. The molecule has 4 nitrogen and oxygen atoms in total. The van der Waals surface area contributed by atoms with Gasteiger partial charge >= 0.3 is 0 Å². The first-order valence-corrected chi connectivity index (χ1v) is 6.76. The molecule has 0 fully saturated rings. The van der Waals surface area contributed by atoms with E-state index in [0.29, 0.717) is 13.2 Å². The molecule has 4 heteroatoms. The molecule has 0 saturated carbocycles. The van der Waals surface area contributed by atoms with Crippen LogP contribution in [0.3, 0.4) is 0 Å². The quantitative estimate of drug-likeness (QED) is 0.418. The lowest BCUT2D eigenvalue weighted by atomic mass is 10.1. The van der Waals surface area contributed by atoms with Gasteiger partial charge in [-0.25, -0.2) is 0 Å². The van der Waals surface area contributed by atoms with Crippen LogP contribution in [0.1, 0.15) is 57.8 Å². The molecule has 4 N–H and O–H groups in total. The zero-order chi connectivity index (χ0) is 13.2. The molecule has 0 bridgehead atoms. The Kier molecular flexibility index (Phi) is 23.9. The highest BCUT2D eigenvalue weighted by Crippen LogP contribution is 2.06. The first-order chi connectivity index (χ1) is 8.33. The second-order valence-corrected chi connectivity index (χ2v) is 4.08. The van der Waals surface area contributed by atoms with E-state index < -0.39 is 0 Å². The Morgan fingerprint density at radius 2 is 0.471 bits per heavy atom. The number of unbranched alkanes of at least 4 members (excludes halogenated alkanes) is 7. The average molecular weight is 250 g/mol. The number of aliphatic hydroxyl groups is 4. The zero-order valence-electron chi connectivity index (χ0n) is 11.0. The van der Waals surface area contributed by atoms with Gasteiger partial charge in [0, 0.05) is 26.4 Å². The van der Waals surface area contributed by atoms with Crippen molar-refractivity contribution in [3.8, 4) is 0 Å². The second-order valence-electron chi connectivity index (χ2n) is 4.08. The van der Waals surface area contributed by atoms with Crippen LogP contribution in [0, 0.1) is 0 Å². The van der Waals surface area contributed by atoms with E-state index in [2.05, 4.69) is 0 Å². The van der Waals surface area contributed by atoms with E-state index in [1.165, 1.54) is 19.3 Å². The van der Waals surface area contributed by atoms with Gasteiger partial charge in [-0.2, -0.15) is 0 Å². The molecule has 0 spiro atoms. The summed E-state index contributed by atoms with van der Waals surface area (Å²) in [4.78, 5) is 0. The van der Waals surface area contributed by atoms with Gasteiger partial charge in [0.15, 0.2) is 0 Å². The molecule has 0 radical (unpaired) electrons. The van der Waals surface area contributed by atoms with E-state index >= 15 is 0 Å². The van der Waals surface area contributed by atoms with Crippen molar-refractivity contribution in [3.05, 3.63) is 0 Å². The molecule has 0 rings (SSSR count). The van der Waals surface area contributed by atoms with Gasteiger partial charge in [-0.15, -0.1) is 0 Å². The van der Waals surface area contributed by atoms with Crippen molar-refractivity contribution in [2.24, 2.45) is 0 Å². The lowest BCUT2D eigenvalue weighted by Gasteiger charge is -1.98. The van der Waals surface area contributed by atoms with Crippen molar-refractivity contribution in [3.63, 3.8) is 0 Å². The summed E-state index contributed by atoms with van der Waals surface area (Å²) in [5.41, 5.74) is 0. The summed E-state index contributed by atoms with van der Waals surface area (Å²) in [5, 5.41) is 33.1. The molecule has 0 saturated heterocycles. The van der Waals surface area contributed by atoms with Gasteiger partial charge in [0.2, 0.25) is 0 Å². The molecule has 0 aromatic rings. The molecule has 0 aliphatic carbocycles. The fourth-order valence-corrected chi connectivity index (χ4v) is 1.33. The van der Waals surface area contributed by atoms with Crippen LogP contribution in [0.2, 0.25) is 0 Å². The second kappa shape index (κ2) is 21.2. The van der Waals surface area contributed by atoms with Crippen molar-refractivity contribution in [1.82, 2.24) is 0 Å². The van der Waals surface area contributed by atoms with E-state index in [4.69, 9.17) is 20.4 Å². The summed E-state index contributed by atoms with van der Waals surface area (Å²) in [6.07, 6.45) is 9.33. The smallest absolute Gasteiger partial charge is 0.0431 e. The van der Waals surface area contributed by atoms with Crippen LogP contribution in [-0.2, 0) is 0 Å².